The molecule has 0 saturated carbocycles. The van der Waals surface area contributed by atoms with Crippen LogP contribution in [0.1, 0.15) is 76.0 Å². The minimum Gasteiger partial charge on any atom is -0.507 e. The van der Waals surface area contributed by atoms with Crippen molar-refractivity contribution in [1.29, 1.82) is 0 Å². The highest BCUT2D eigenvalue weighted by molar-refractivity contribution is 14.1. The van der Waals surface area contributed by atoms with Crippen molar-refractivity contribution < 1.29 is 9.90 Å². The lowest BCUT2D eigenvalue weighted by Gasteiger charge is -2.30. The van der Waals surface area contributed by atoms with Gasteiger partial charge in [0.05, 0.1) is 5.25 Å². The number of carbonyl (C=O) groups is 1. The van der Waals surface area contributed by atoms with E-state index in [2.05, 4.69) is 88.4 Å². The van der Waals surface area contributed by atoms with E-state index in [1.165, 1.54) is 11.8 Å². The third-order valence-electron chi connectivity index (χ3n) is 4.52. The normalized spacial score (nSPS) is 13.5. The number of thioether (sulfide) groups is 1. The largest absolute Gasteiger partial charge is 0.507 e. The van der Waals surface area contributed by atoms with Crippen LogP contribution in [-0.2, 0) is 15.6 Å². The summed E-state index contributed by atoms with van der Waals surface area (Å²) in [5.74, 6) is 0.369. The third kappa shape index (κ3) is 5.29. The Bertz CT molecular complexity index is 809. The van der Waals surface area contributed by atoms with Crippen LogP contribution < -0.4 is 0 Å². The van der Waals surface area contributed by atoms with Gasteiger partial charge in [0, 0.05) is 10.5 Å². The molecule has 0 aliphatic heterocycles. The van der Waals surface area contributed by atoms with Crippen LogP contribution in [0.25, 0.3) is 0 Å². The zero-order valence-corrected chi connectivity index (χ0v) is 20.2. The van der Waals surface area contributed by atoms with Crippen molar-refractivity contribution in [2.45, 2.75) is 64.5 Å². The first kappa shape index (κ1) is 22.3. The van der Waals surface area contributed by atoms with Gasteiger partial charge >= 0.3 is 0 Å². The number of carbonyl (C=O) groups excluding carboxylic acids is 1. The van der Waals surface area contributed by atoms with Crippen molar-refractivity contribution >= 4 is 39.5 Å². The van der Waals surface area contributed by atoms with E-state index in [-0.39, 0.29) is 21.2 Å². The van der Waals surface area contributed by atoms with Crippen molar-refractivity contribution in [2.24, 2.45) is 0 Å². The number of hydrogen-bond acceptors (Lipinski definition) is 3. The second-order valence-electron chi connectivity index (χ2n) is 8.98. The SMILES string of the molecule is CC(=O)SC(c1cc(C(C)(C)C)c(O)c(C(C)(C)C)c1)c1ccccc1I. The molecule has 0 bridgehead atoms. The van der Waals surface area contributed by atoms with Gasteiger partial charge in [-0.25, -0.2) is 0 Å². The number of aromatic hydroxyl groups is 1. The molecule has 0 spiro atoms. The molecule has 1 atom stereocenters. The van der Waals surface area contributed by atoms with Gasteiger partial charge in [0.15, 0.2) is 5.12 Å². The second kappa shape index (κ2) is 8.16. The van der Waals surface area contributed by atoms with E-state index < -0.39 is 0 Å². The van der Waals surface area contributed by atoms with Crippen molar-refractivity contribution in [3.8, 4) is 5.75 Å². The third-order valence-corrected chi connectivity index (χ3v) is 6.60. The molecule has 0 heterocycles. The summed E-state index contributed by atoms with van der Waals surface area (Å²) in [5, 5.41) is 11.0. The maximum Gasteiger partial charge on any atom is 0.186 e. The molecule has 0 saturated heterocycles. The minimum absolute atomic E-state index is 0.0855. The van der Waals surface area contributed by atoms with Crippen molar-refractivity contribution in [1.82, 2.24) is 0 Å². The molecule has 0 aliphatic carbocycles. The van der Waals surface area contributed by atoms with E-state index in [0.29, 0.717) is 5.75 Å². The molecular formula is C23H29IO2S. The number of phenolic OH excluding ortho intramolecular Hbond substituents is 1. The van der Waals surface area contributed by atoms with Gasteiger partial charge < -0.3 is 5.11 Å². The maximum atomic E-state index is 12.1. The Morgan fingerprint density at radius 3 is 1.89 bits per heavy atom. The molecule has 1 N–H and O–H groups in total. The van der Waals surface area contributed by atoms with Crippen LogP contribution in [0.2, 0.25) is 0 Å². The first-order valence-corrected chi connectivity index (χ1v) is 11.1. The van der Waals surface area contributed by atoms with Gasteiger partial charge in [-0.05, 0) is 61.7 Å². The summed E-state index contributed by atoms with van der Waals surface area (Å²) in [7, 11) is 0. The fourth-order valence-corrected chi connectivity index (χ4v) is 4.96. The summed E-state index contributed by atoms with van der Waals surface area (Å²) in [6.45, 7) is 14.3. The Morgan fingerprint density at radius 1 is 1.00 bits per heavy atom. The summed E-state index contributed by atoms with van der Waals surface area (Å²) in [5.41, 5.74) is 3.63. The zero-order valence-electron chi connectivity index (χ0n) is 17.2. The topological polar surface area (TPSA) is 37.3 Å². The monoisotopic (exact) mass is 496 g/mol. The van der Waals surface area contributed by atoms with Crippen molar-refractivity contribution in [3.05, 3.63) is 62.2 Å². The highest BCUT2D eigenvalue weighted by atomic mass is 127. The Hall–Kier alpha value is -1.01. The summed E-state index contributed by atoms with van der Waals surface area (Å²) in [6, 6.07) is 12.3. The van der Waals surface area contributed by atoms with E-state index in [0.717, 1.165) is 25.8 Å². The van der Waals surface area contributed by atoms with E-state index in [1.54, 1.807) is 6.92 Å². The Labute approximate surface area is 181 Å². The molecule has 146 valence electrons. The number of rotatable bonds is 3. The molecule has 0 aliphatic rings. The smallest absolute Gasteiger partial charge is 0.186 e. The van der Waals surface area contributed by atoms with Crippen molar-refractivity contribution in [3.63, 3.8) is 0 Å². The predicted molar refractivity (Wildman–Crippen MR) is 125 cm³/mol. The summed E-state index contributed by atoms with van der Waals surface area (Å²) in [6.07, 6.45) is 0. The second-order valence-corrected chi connectivity index (χ2v) is 11.4. The van der Waals surface area contributed by atoms with E-state index in [1.807, 2.05) is 12.1 Å². The van der Waals surface area contributed by atoms with E-state index in [9.17, 15) is 9.90 Å². The molecule has 0 radical (unpaired) electrons. The van der Waals surface area contributed by atoms with Gasteiger partial charge in [-0.1, -0.05) is 83.6 Å². The fourth-order valence-electron chi connectivity index (χ4n) is 3.12. The number of benzene rings is 2. The highest BCUT2D eigenvalue weighted by Crippen LogP contribution is 2.45. The van der Waals surface area contributed by atoms with Crippen LogP contribution in [0.4, 0.5) is 0 Å². The van der Waals surface area contributed by atoms with Crippen LogP contribution in [0.5, 0.6) is 5.75 Å². The van der Waals surface area contributed by atoms with E-state index in [4.69, 9.17) is 0 Å². The van der Waals surface area contributed by atoms with Gasteiger partial charge in [-0.15, -0.1) is 0 Å². The Balaban J connectivity index is 2.79. The molecule has 0 amide bonds. The van der Waals surface area contributed by atoms with E-state index >= 15 is 0 Å². The molecule has 2 rings (SSSR count). The molecule has 4 heteroatoms. The molecule has 0 aromatic heterocycles. The number of halogens is 1. The van der Waals surface area contributed by atoms with Gasteiger partial charge in [-0.2, -0.15) is 0 Å². The first-order chi connectivity index (χ1) is 12.3. The Kier molecular flexibility index (Phi) is 6.73. The van der Waals surface area contributed by atoms with Crippen LogP contribution in [-0.4, -0.2) is 10.2 Å². The summed E-state index contributed by atoms with van der Waals surface area (Å²) >= 11 is 3.67. The lowest BCUT2D eigenvalue weighted by molar-refractivity contribution is -0.109. The van der Waals surface area contributed by atoms with Gasteiger partial charge in [0.2, 0.25) is 0 Å². The van der Waals surface area contributed by atoms with Crippen LogP contribution in [0.15, 0.2) is 36.4 Å². The van der Waals surface area contributed by atoms with Gasteiger partial charge in [0.1, 0.15) is 5.75 Å². The van der Waals surface area contributed by atoms with Crippen LogP contribution in [0, 0.1) is 3.57 Å². The molecule has 2 nitrogen and oxygen atoms in total. The molecule has 1 unspecified atom stereocenters. The standard InChI is InChI=1S/C23H29IO2S/c1-14(25)27-21(16-10-8-9-11-19(16)24)15-12-17(22(2,3)4)20(26)18(13-15)23(5,6)7/h8-13,21,26H,1-7H3. The lowest BCUT2D eigenvalue weighted by Crippen LogP contribution is -2.18. The minimum atomic E-state index is -0.199. The van der Waals surface area contributed by atoms with Crippen LogP contribution in [0.3, 0.4) is 0 Å². The molecule has 2 aromatic rings. The molecule has 2 aromatic carbocycles. The molecule has 27 heavy (non-hydrogen) atoms. The average Bonchev–Trinajstić information content (AvgIpc) is 2.51. The zero-order chi connectivity index (χ0) is 20.6. The van der Waals surface area contributed by atoms with Gasteiger partial charge in [0.25, 0.3) is 0 Å². The predicted octanol–water partition coefficient (Wildman–Crippen LogP) is 6.96. The summed E-state index contributed by atoms with van der Waals surface area (Å²) < 4.78 is 1.14. The fraction of sp³-hybridized carbons (Fsp3) is 0.435. The first-order valence-electron chi connectivity index (χ1n) is 9.12. The Morgan fingerprint density at radius 2 is 1.48 bits per heavy atom. The summed E-state index contributed by atoms with van der Waals surface area (Å²) in [4.78, 5) is 12.1. The lowest BCUT2D eigenvalue weighted by atomic mass is 9.78. The maximum absolute atomic E-state index is 12.1. The van der Waals surface area contributed by atoms with Gasteiger partial charge in [-0.3, -0.25) is 4.79 Å². The average molecular weight is 496 g/mol. The molecular weight excluding hydrogens is 467 g/mol. The van der Waals surface area contributed by atoms with Crippen LogP contribution >= 0.6 is 34.4 Å². The van der Waals surface area contributed by atoms with Crippen molar-refractivity contribution in [2.75, 3.05) is 0 Å². The number of hydrogen-bond donors (Lipinski definition) is 1. The highest BCUT2D eigenvalue weighted by Gasteiger charge is 2.29. The molecule has 0 fully saturated rings. The number of phenols is 1. The quantitative estimate of drug-likeness (QED) is 0.467.